The average Bonchev–Trinajstić information content (AvgIpc) is 2.96. The number of amides is 1. The molecule has 0 radical (unpaired) electrons. The van der Waals surface area contributed by atoms with Crippen molar-refractivity contribution in [3.8, 4) is 11.3 Å². The Kier molecular flexibility index (Phi) is 4.22. The van der Waals surface area contributed by atoms with Crippen molar-refractivity contribution in [1.82, 2.24) is 4.98 Å². The first-order valence-electron chi connectivity index (χ1n) is 6.72. The van der Waals surface area contributed by atoms with Gasteiger partial charge in [-0.15, -0.1) is 11.3 Å². The highest BCUT2D eigenvalue weighted by Crippen LogP contribution is 2.23. The van der Waals surface area contributed by atoms with E-state index in [-0.39, 0.29) is 5.91 Å². The lowest BCUT2D eigenvalue weighted by Gasteiger charge is -2.07. The summed E-state index contributed by atoms with van der Waals surface area (Å²) in [6.45, 7) is 1.97. The normalized spacial score (nSPS) is 10.5. The monoisotopic (exact) mass is 328 g/mol. The van der Waals surface area contributed by atoms with Crippen LogP contribution in [-0.2, 0) is 0 Å². The van der Waals surface area contributed by atoms with Crippen LogP contribution < -0.4 is 5.32 Å². The number of rotatable bonds is 3. The molecule has 1 amide bonds. The predicted octanol–water partition coefficient (Wildman–Crippen LogP) is 5.02. The third-order valence-corrected chi connectivity index (χ3v) is 4.29. The van der Waals surface area contributed by atoms with E-state index < -0.39 is 0 Å². The van der Waals surface area contributed by atoms with Crippen molar-refractivity contribution < 1.29 is 4.79 Å². The lowest BCUT2D eigenvalue weighted by molar-refractivity contribution is 0.102. The van der Waals surface area contributed by atoms with E-state index in [1.165, 1.54) is 0 Å². The Morgan fingerprint density at radius 3 is 2.50 bits per heavy atom. The van der Waals surface area contributed by atoms with Crippen LogP contribution in [0.25, 0.3) is 11.3 Å². The van der Waals surface area contributed by atoms with Crippen molar-refractivity contribution in [3.63, 3.8) is 0 Å². The molecule has 110 valence electrons. The van der Waals surface area contributed by atoms with Crippen LogP contribution in [-0.4, -0.2) is 10.9 Å². The van der Waals surface area contributed by atoms with E-state index in [9.17, 15) is 4.79 Å². The van der Waals surface area contributed by atoms with E-state index >= 15 is 0 Å². The standard InChI is InChI=1S/C17H13ClN2OS/c1-11-19-16(10-22-11)12-6-8-13(9-7-12)17(21)20-15-5-3-2-4-14(15)18/h2-10H,1H3,(H,20,21). The lowest BCUT2D eigenvalue weighted by Crippen LogP contribution is -2.11. The average molecular weight is 329 g/mol. The van der Waals surface area contributed by atoms with E-state index in [2.05, 4.69) is 10.3 Å². The second kappa shape index (κ2) is 6.30. The third-order valence-electron chi connectivity index (χ3n) is 3.18. The van der Waals surface area contributed by atoms with Gasteiger partial charge in [0.15, 0.2) is 0 Å². The predicted molar refractivity (Wildman–Crippen MR) is 91.7 cm³/mol. The molecule has 0 unspecified atom stereocenters. The first-order valence-corrected chi connectivity index (χ1v) is 7.98. The van der Waals surface area contributed by atoms with Crippen LogP contribution in [0.1, 0.15) is 15.4 Å². The quantitative estimate of drug-likeness (QED) is 0.733. The minimum Gasteiger partial charge on any atom is -0.321 e. The Morgan fingerprint density at radius 1 is 1.14 bits per heavy atom. The molecule has 0 aliphatic carbocycles. The molecule has 0 spiro atoms. The van der Waals surface area contributed by atoms with Gasteiger partial charge in [0.05, 0.1) is 21.4 Å². The molecule has 1 aromatic heterocycles. The number of halogens is 1. The molecular weight excluding hydrogens is 316 g/mol. The highest BCUT2D eigenvalue weighted by molar-refractivity contribution is 7.09. The summed E-state index contributed by atoms with van der Waals surface area (Å²) in [5, 5.41) is 6.36. The minimum atomic E-state index is -0.186. The molecule has 0 saturated heterocycles. The van der Waals surface area contributed by atoms with Crippen molar-refractivity contribution in [3.05, 3.63) is 69.5 Å². The molecule has 1 heterocycles. The summed E-state index contributed by atoms with van der Waals surface area (Å²) in [6, 6.07) is 14.5. The van der Waals surface area contributed by atoms with Gasteiger partial charge >= 0.3 is 0 Å². The maximum atomic E-state index is 12.2. The maximum absolute atomic E-state index is 12.2. The molecular formula is C17H13ClN2OS. The van der Waals surface area contributed by atoms with E-state index in [0.29, 0.717) is 16.3 Å². The van der Waals surface area contributed by atoms with Gasteiger partial charge < -0.3 is 5.32 Å². The lowest BCUT2D eigenvalue weighted by atomic mass is 10.1. The summed E-state index contributed by atoms with van der Waals surface area (Å²) in [7, 11) is 0. The molecule has 1 N–H and O–H groups in total. The maximum Gasteiger partial charge on any atom is 0.255 e. The van der Waals surface area contributed by atoms with E-state index in [1.54, 1.807) is 35.6 Å². The van der Waals surface area contributed by atoms with Crippen LogP contribution >= 0.6 is 22.9 Å². The molecule has 3 aromatic rings. The fourth-order valence-corrected chi connectivity index (χ4v) is 2.85. The van der Waals surface area contributed by atoms with Crippen LogP contribution in [0, 0.1) is 6.92 Å². The largest absolute Gasteiger partial charge is 0.321 e. The smallest absolute Gasteiger partial charge is 0.255 e. The molecule has 2 aromatic carbocycles. The highest BCUT2D eigenvalue weighted by atomic mass is 35.5. The van der Waals surface area contributed by atoms with Gasteiger partial charge in [-0.2, -0.15) is 0 Å². The fourth-order valence-electron chi connectivity index (χ4n) is 2.05. The van der Waals surface area contributed by atoms with Gasteiger partial charge in [-0.1, -0.05) is 35.9 Å². The van der Waals surface area contributed by atoms with Crippen molar-refractivity contribution >= 4 is 34.5 Å². The number of anilines is 1. The molecule has 0 atom stereocenters. The van der Waals surface area contributed by atoms with Gasteiger partial charge in [0.2, 0.25) is 0 Å². The summed E-state index contributed by atoms with van der Waals surface area (Å²) < 4.78 is 0. The second-order valence-corrected chi connectivity index (χ2v) is 6.23. The first kappa shape index (κ1) is 14.8. The number of aryl methyl sites for hydroxylation is 1. The number of benzene rings is 2. The summed E-state index contributed by atoms with van der Waals surface area (Å²) in [5.41, 5.74) is 3.11. The van der Waals surface area contributed by atoms with Crippen LogP contribution in [0.5, 0.6) is 0 Å². The number of hydrogen-bond donors (Lipinski definition) is 1. The highest BCUT2D eigenvalue weighted by Gasteiger charge is 2.09. The van der Waals surface area contributed by atoms with Crippen molar-refractivity contribution in [2.75, 3.05) is 5.32 Å². The molecule has 3 nitrogen and oxygen atoms in total. The molecule has 3 rings (SSSR count). The Bertz CT molecular complexity index is 812. The molecule has 0 aliphatic rings. The zero-order valence-electron chi connectivity index (χ0n) is 11.8. The zero-order valence-corrected chi connectivity index (χ0v) is 13.4. The van der Waals surface area contributed by atoms with Gasteiger partial charge in [0.1, 0.15) is 0 Å². The van der Waals surface area contributed by atoms with Gasteiger partial charge in [0.25, 0.3) is 5.91 Å². The summed E-state index contributed by atoms with van der Waals surface area (Å²) in [6.07, 6.45) is 0. The van der Waals surface area contributed by atoms with Gasteiger partial charge in [-0.3, -0.25) is 4.79 Å². The zero-order chi connectivity index (χ0) is 15.5. The summed E-state index contributed by atoms with van der Waals surface area (Å²) in [4.78, 5) is 16.7. The number of carbonyl (C=O) groups is 1. The molecule has 0 bridgehead atoms. The SMILES string of the molecule is Cc1nc(-c2ccc(C(=O)Nc3ccccc3Cl)cc2)cs1. The minimum absolute atomic E-state index is 0.186. The van der Waals surface area contributed by atoms with E-state index in [0.717, 1.165) is 16.3 Å². The second-order valence-electron chi connectivity index (χ2n) is 4.76. The first-order chi connectivity index (χ1) is 10.6. The number of thiazole rings is 1. The Balaban J connectivity index is 1.78. The third kappa shape index (κ3) is 3.18. The number of para-hydroxylation sites is 1. The molecule has 0 aliphatic heterocycles. The van der Waals surface area contributed by atoms with E-state index in [4.69, 9.17) is 11.6 Å². The Labute approximate surface area is 137 Å². The Morgan fingerprint density at radius 2 is 1.86 bits per heavy atom. The molecule has 5 heteroatoms. The van der Waals surface area contributed by atoms with Gasteiger partial charge in [0, 0.05) is 16.5 Å². The van der Waals surface area contributed by atoms with Gasteiger partial charge in [-0.05, 0) is 31.2 Å². The van der Waals surface area contributed by atoms with Crippen molar-refractivity contribution in [2.45, 2.75) is 6.92 Å². The van der Waals surface area contributed by atoms with E-state index in [1.807, 2.05) is 36.6 Å². The topological polar surface area (TPSA) is 42.0 Å². The number of nitrogens with one attached hydrogen (secondary N) is 1. The molecule has 22 heavy (non-hydrogen) atoms. The van der Waals surface area contributed by atoms with Crippen molar-refractivity contribution in [2.24, 2.45) is 0 Å². The fraction of sp³-hybridized carbons (Fsp3) is 0.0588. The summed E-state index contributed by atoms with van der Waals surface area (Å²) in [5.74, 6) is -0.186. The number of carbonyl (C=O) groups excluding carboxylic acids is 1. The van der Waals surface area contributed by atoms with Crippen molar-refractivity contribution in [1.29, 1.82) is 0 Å². The number of aromatic nitrogens is 1. The van der Waals surface area contributed by atoms with Crippen LogP contribution in [0.4, 0.5) is 5.69 Å². The summed E-state index contributed by atoms with van der Waals surface area (Å²) >= 11 is 7.65. The Hall–Kier alpha value is -2.17. The van der Waals surface area contributed by atoms with Crippen LogP contribution in [0.3, 0.4) is 0 Å². The number of hydrogen-bond acceptors (Lipinski definition) is 3. The molecule has 0 fully saturated rings. The van der Waals surface area contributed by atoms with Crippen LogP contribution in [0.15, 0.2) is 53.9 Å². The van der Waals surface area contributed by atoms with Gasteiger partial charge in [-0.25, -0.2) is 4.98 Å². The van der Waals surface area contributed by atoms with Crippen LogP contribution in [0.2, 0.25) is 5.02 Å². The number of nitrogens with zero attached hydrogens (tertiary/aromatic N) is 1. The molecule has 0 saturated carbocycles.